The Hall–Kier alpha value is -0.300. The van der Waals surface area contributed by atoms with Crippen LogP contribution in [0.25, 0.3) is 0 Å². The highest BCUT2D eigenvalue weighted by Gasteiger charge is 2.60. The molecule has 0 heterocycles. The number of hydrogen-bond acceptors (Lipinski definition) is 1. The van der Waals surface area contributed by atoms with Crippen molar-refractivity contribution in [2.24, 2.45) is 58.2 Å². The Bertz CT molecular complexity index is 705. The summed E-state index contributed by atoms with van der Waals surface area (Å²) in [4.78, 5) is 0. The molecular weight excluding hydrogens is 364 g/mol. The van der Waals surface area contributed by atoms with E-state index in [1.54, 1.807) is 5.57 Å². The van der Waals surface area contributed by atoms with Crippen molar-refractivity contribution in [3.05, 3.63) is 11.1 Å². The van der Waals surface area contributed by atoms with E-state index in [0.29, 0.717) is 10.8 Å². The molecule has 1 nitrogen and oxygen atoms in total. The first-order valence-corrected chi connectivity index (χ1v) is 13.5. The Morgan fingerprint density at radius 1 is 0.900 bits per heavy atom. The molecule has 0 aromatic rings. The summed E-state index contributed by atoms with van der Waals surface area (Å²) in [5.41, 5.74) is 4.67. The van der Waals surface area contributed by atoms with Crippen LogP contribution in [0.2, 0.25) is 0 Å². The van der Waals surface area contributed by atoms with Gasteiger partial charge in [0.1, 0.15) is 0 Å². The summed E-state index contributed by atoms with van der Waals surface area (Å²) in [6.07, 6.45) is 13.6. The van der Waals surface area contributed by atoms with E-state index in [0.717, 1.165) is 60.2 Å². The van der Waals surface area contributed by atoms with Crippen LogP contribution in [0.3, 0.4) is 0 Å². The second-order valence-corrected chi connectivity index (χ2v) is 13.4. The maximum atomic E-state index is 10.3. The predicted molar refractivity (Wildman–Crippen MR) is 126 cm³/mol. The number of fused-ring (bicyclic) bond motifs is 5. The minimum absolute atomic E-state index is 0.0138. The molecule has 0 amide bonds. The van der Waals surface area contributed by atoms with Crippen molar-refractivity contribution in [1.82, 2.24) is 0 Å². The number of hydrogen-bond donors (Lipinski definition) is 1. The average molecular weight is 413 g/mol. The van der Waals surface area contributed by atoms with Gasteiger partial charge in [0, 0.05) is 5.92 Å². The fourth-order valence-corrected chi connectivity index (χ4v) is 10.3. The molecule has 1 N–H and O–H groups in total. The molecule has 0 unspecified atom stereocenters. The Kier molecular flexibility index (Phi) is 5.28. The largest absolute Gasteiger partial charge is 0.393 e. The van der Waals surface area contributed by atoms with Crippen LogP contribution in [0.5, 0.6) is 0 Å². The molecule has 0 bridgehead atoms. The summed E-state index contributed by atoms with van der Waals surface area (Å²) >= 11 is 0. The van der Waals surface area contributed by atoms with E-state index >= 15 is 0 Å². The maximum absolute atomic E-state index is 10.3. The van der Waals surface area contributed by atoms with Crippen molar-refractivity contribution >= 4 is 0 Å². The molecule has 5 aliphatic rings. The van der Waals surface area contributed by atoms with Gasteiger partial charge < -0.3 is 5.11 Å². The second kappa shape index (κ2) is 7.36. The van der Waals surface area contributed by atoms with Crippen molar-refractivity contribution in [1.29, 1.82) is 0 Å². The molecule has 0 spiro atoms. The van der Waals surface area contributed by atoms with E-state index in [-0.39, 0.29) is 6.10 Å². The molecule has 4 saturated carbocycles. The molecule has 10 atom stereocenters. The molecule has 170 valence electrons. The molecule has 30 heavy (non-hydrogen) atoms. The molecule has 5 aliphatic carbocycles. The zero-order chi connectivity index (χ0) is 21.4. The first kappa shape index (κ1) is 21.5. The average Bonchev–Trinajstić information content (AvgIpc) is 3.17. The zero-order valence-corrected chi connectivity index (χ0v) is 20.7. The van der Waals surface area contributed by atoms with Crippen LogP contribution in [0.1, 0.15) is 106 Å². The lowest BCUT2D eigenvalue weighted by atomic mass is 9.44. The van der Waals surface area contributed by atoms with Crippen molar-refractivity contribution < 1.29 is 5.11 Å². The minimum Gasteiger partial charge on any atom is -0.393 e. The van der Waals surface area contributed by atoms with Gasteiger partial charge in [-0.2, -0.15) is 0 Å². The Balaban J connectivity index is 1.31. The lowest BCUT2D eigenvalue weighted by Gasteiger charge is -2.61. The molecule has 1 heteroatoms. The molecule has 4 fully saturated rings. The fraction of sp³-hybridized carbons (Fsp3) is 0.931. The van der Waals surface area contributed by atoms with Crippen LogP contribution in [-0.4, -0.2) is 11.2 Å². The van der Waals surface area contributed by atoms with Crippen LogP contribution in [0.15, 0.2) is 11.1 Å². The third-order valence-corrected chi connectivity index (χ3v) is 11.9. The van der Waals surface area contributed by atoms with Gasteiger partial charge in [-0.25, -0.2) is 0 Å². The standard InChI is InChI=1S/C29H48O/c1-17(2)27-19(4)23(27)15-18(3)24-9-10-25-22-8-7-20-16-21(30)11-13-28(20,5)26(22)12-14-29(24,25)6/h17-18,20-22,24-27,30H,7-16H2,1-6H3/t18-,20-,21+,22+,24-,25+,26+,27+,28+,29-/m1/s1. The van der Waals surface area contributed by atoms with Crippen molar-refractivity contribution in [3.63, 3.8) is 0 Å². The lowest BCUT2D eigenvalue weighted by Crippen LogP contribution is -2.54. The molecule has 0 radical (unpaired) electrons. The smallest absolute Gasteiger partial charge is 0.0543 e. The van der Waals surface area contributed by atoms with Gasteiger partial charge in [0.25, 0.3) is 0 Å². The number of allylic oxidation sites excluding steroid dienone is 2. The van der Waals surface area contributed by atoms with Crippen LogP contribution in [0.4, 0.5) is 0 Å². The quantitative estimate of drug-likeness (QED) is 0.470. The van der Waals surface area contributed by atoms with Crippen molar-refractivity contribution in [2.45, 2.75) is 112 Å². The van der Waals surface area contributed by atoms with E-state index < -0.39 is 0 Å². The fourth-order valence-electron chi connectivity index (χ4n) is 10.3. The molecule has 0 aromatic heterocycles. The number of rotatable bonds is 4. The normalized spacial score (nSPS) is 51.4. The van der Waals surface area contributed by atoms with Gasteiger partial charge >= 0.3 is 0 Å². The first-order valence-electron chi connectivity index (χ1n) is 13.5. The van der Waals surface area contributed by atoms with Gasteiger partial charge in [-0.15, -0.1) is 0 Å². The lowest BCUT2D eigenvalue weighted by molar-refractivity contribution is -0.129. The topological polar surface area (TPSA) is 20.2 Å². The van der Waals surface area contributed by atoms with Gasteiger partial charge in [-0.3, -0.25) is 0 Å². The van der Waals surface area contributed by atoms with Gasteiger partial charge in [-0.05, 0) is 123 Å². The summed E-state index contributed by atoms with van der Waals surface area (Å²) in [6.45, 7) is 15.2. The highest BCUT2D eigenvalue weighted by Crippen LogP contribution is 2.68. The van der Waals surface area contributed by atoms with E-state index in [1.807, 2.05) is 5.57 Å². The molecule has 0 saturated heterocycles. The third-order valence-electron chi connectivity index (χ3n) is 11.9. The summed E-state index contributed by atoms with van der Waals surface area (Å²) < 4.78 is 0. The second-order valence-electron chi connectivity index (χ2n) is 13.4. The van der Waals surface area contributed by atoms with Crippen LogP contribution < -0.4 is 0 Å². The van der Waals surface area contributed by atoms with Crippen LogP contribution in [0, 0.1) is 58.2 Å². The van der Waals surface area contributed by atoms with Gasteiger partial charge in [0.2, 0.25) is 0 Å². The van der Waals surface area contributed by atoms with Gasteiger partial charge in [0.15, 0.2) is 0 Å². The highest BCUT2D eigenvalue weighted by atomic mass is 16.3. The van der Waals surface area contributed by atoms with Crippen LogP contribution in [-0.2, 0) is 0 Å². The summed E-state index contributed by atoms with van der Waals surface area (Å²) in [5, 5.41) is 10.3. The number of aliphatic hydroxyl groups is 1. The van der Waals surface area contributed by atoms with E-state index in [2.05, 4.69) is 41.5 Å². The Morgan fingerprint density at radius 2 is 1.60 bits per heavy atom. The van der Waals surface area contributed by atoms with Crippen molar-refractivity contribution in [2.75, 3.05) is 0 Å². The zero-order valence-electron chi connectivity index (χ0n) is 20.7. The SMILES string of the molecule is CC1=C(C[C@@H](C)[C@H]2CC[C@H]3[C@@H]4CC[C@@H]5C[C@@H](O)CC[C@]5(C)[C@H]4CC[C@]23C)[C@H]1C(C)C. The first-order chi connectivity index (χ1) is 14.2. The van der Waals surface area contributed by atoms with Crippen molar-refractivity contribution in [3.8, 4) is 0 Å². The molecule has 0 aliphatic heterocycles. The Morgan fingerprint density at radius 3 is 2.30 bits per heavy atom. The van der Waals surface area contributed by atoms with E-state index in [9.17, 15) is 5.11 Å². The maximum Gasteiger partial charge on any atom is 0.0543 e. The predicted octanol–water partition coefficient (Wildman–Crippen LogP) is 7.63. The van der Waals surface area contributed by atoms with E-state index in [1.165, 1.54) is 51.4 Å². The molecule has 0 aromatic carbocycles. The molecular formula is C29H48O. The van der Waals surface area contributed by atoms with E-state index in [4.69, 9.17) is 0 Å². The Labute approximate surface area is 186 Å². The van der Waals surface area contributed by atoms with Gasteiger partial charge in [0.05, 0.1) is 6.10 Å². The highest BCUT2D eigenvalue weighted by molar-refractivity contribution is 5.40. The summed E-state index contributed by atoms with van der Waals surface area (Å²) in [5.74, 6) is 7.13. The summed E-state index contributed by atoms with van der Waals surface area (Å²) in [7, 11) is 0. The summed E-state index contributed by atoms with van der Waals surface area (Å²) in [6, 6.07) is 0. The van der Waals surface area contributed by atoms with Crippen LogP contribution >= 0.6 is 0 Å². The number of aliphatic hydroxyl groups excluding tert-OH is 1. The minimum atomic E-state index is -0.0138. The van der Waals surface area contributed by atoms with Gasteiger partial charge in [-0.1, -0.05) is 45.8 Å². The third kappa shape index (κ3) is 3.11. The molecule has 5 rings (SSSR count). The monoisotopic (exact) mass is 412 g/mol.